The fourth-order valence-electron chi connectivity index (χ4n) is 2.95. The number of esters is 1. The van der Waals surface area contributed by atoms with Gasteiger partial charge in [-0.05, 0) is 18.9 Å². The Hall–Kier alpha value is -3.00. The molecule has 0 bridgehead atoms. The maximum atomic E-state index is 13.0. The van der Waals surface area contributed by atoms with Gasteiger partial charge in [-0.1, -0.05) is 32.0 Å². The van der Waals surface area contributed by atoms with Gasteiger partial charge in [0.1, 0.15) is 0 Å². The van der Waals surface area contributed by atoms with Gasteiger partial charge in [0.15, 0.2) is 10.8 Å². The molecule has 1 amide bonds. The number of ether oxygens (including phenoxy) is 1. The molecule has 7 nitrogen and oxygen atoms in total. The van der Waals surface area contributed by atoms with Crippen molar-refractivity contribution in [2.24, 2.45) is 5.92 Å². The molecule has 0 unspecified atom stereocenters. The van der Waals surface area contributed by atoms with Gasteiger partial charge in [0.25, 0.3) is 11.5 Å². The van der Waals surface area contributed by atoms with Crippen LogP contribution in [0.1, 0.15) is 39.6 Å². The summed E-state index contributed by atoms with van der Waals surface area (Å²) in [6.07, 6.45) is 1.59. The summed E-state index contributed by atoms with van der Waals surface area (Å²) in [4.78, 5) is 42.2. The molecule has 1 aromatic carbocycles. The first-order chi connectivity index (χ1) is 13.3. The molecule has 3 aromatic rings. The average molecular weight is 399 g/mol. The summed E-state index contributed by atoms with van der Waals surface area (Å²) in [7, 11) is 1.28. The number of nitrogens with one attached hydrogen (secondary N) is 1. The molecule has 0 aliphatic heterocycles. The van der Waals surface area contributed by atoms with Crippen molar-refractivity contribution in [3.63, 3.8) is 0 Å². The second kappa shape index (κ2) is 7.93. The third-order valence-electron chi connectivity index (χ3n) is 4.20. The Bertz CT molecular complexity index is 1110. The second-order valence-corrected chi connectivity index (χ2v) is 8.01. The summed E-state index contributed by atoms with van der Waals surface area (Å²) < 4.78 is 6.26. The maximum Gasteiger partial charge on any atom is 0.357 e. The van der Waals surface area contributed by atoms with Crippen molar-refractivity contribution in [1.82, 2.24) is 9.55 Å². The zero-order valence-electron chi connectivity index (χ0n) is 16.1. The van der Waals surface area contributed by atoms with Crippen LogP contribution in [-0.2, 0) is 11.3 Å². The highest BCUT2D eigenvalue weighted by atomic mass is 32.1. The van der Waals surface area contributed by atoms with Crippen molar-refractivity contribution in [2.45, 2.75) is 27.3 Å². The first-order valence-corrected chi connectivity index (χ1v) is 9.62. The van der Waals surface area contributed by atoms with Gasteiger partial charge in [0, 0.05) is 28.4 Å². The number of rotatable bonds is 5. The number of anilines is 1. The summed E-state index contributed by atoms with van der Waals surface area (Å²) in [6.45, 7) is 6.26. The fourth-order valence-corrected chi connectivity index (χ4v) is 3.75. The number of amides is 1. The number of nitrogens with zero attached hydrogens (tertiary/aromatic N) is 2. The van der Waals surface area contributed by atoms with E-state index in [2.05, 4.69) is 10.3 Å². The summed E-state index contributed by atoms with van der Waals surface area (Å²) in [6, 6.07) is 7.03. The van der Waals surface area contributed by atoms with Gasteiger partial charge >= 0.3 is 5.97 Å². The lowest BCUT2D eigenvalue weighted by Gasteiger charge is -2.13. The van der Waals surface area contributed by atoms with E-state index in [1.807, 2.05) is 13.8 Å². The Morgan fingerprint density at radius 3 is 2.57 bits per heavy atom. The molecule has 0 fully saturated rings. The average Bonchev–Trinajstić information content (AvgIpc) is 3.03. The van der Waals surface area contributed by atoms with E-state index in [0.717, 1.165) is 0 Å². The highest BCUT2D eigenvalue weighted by Gasteiger charge is 2.20. The topological polar surface area (TPSA) is 90.3 Å². The summed E-state index contributed by atoms with van der Waals surface area (Å²) >= 11 is 1.19. The minimum Gasteiger partial charge on any atom is -0.464 e. The number of benzene rings is 1. The number of hydrogen-bond donors (Lipinski definition) is 1. The lowest BCUT2D eigenvalue weighted by atomic mass is 10.1. The molecule has 0 radical (unpaired) electrons. The minimum atomic E-state index is -0.551. The molecule has 0 saturated heterocycles. The predicted octanol–water partition coefficient (Wildman–Crippen LogP) is 3.46. The minimum absolute atomic E-state index is 0.126. The highest BCUT2D eigenvalue weighted by molar-refractivity contribution is 7.16. The van der Waals surface area contributed by atoms with Crippen LogP contribution in [0.25, 0.3) is 10.8 Å². The number of aromatic nitrogens is 2. The summed E-state index contributed by atoms with van der Waals surface area (Å²) in [5, 5.41) is 4.10. The third kappa shape index (κ3) is 3.82. The SMILES string of the molecule is COC(=O)c1nc(NC(=O)c2cn(CC(C)C)c(=O)c3ccccc23)sc1C. The normalized spacial score (nSPS) is 11.0. The molecule has 146 valence electrons. The van der Waals surface area contributed by atoms with Crippen molar-refractivity contribution in [3.05, 3.63) is 57.0 Å². The van der Waals surface area contributed by atoms with Gasteiger partial charge in [-0.15, -0.1) is 11.3 Å². The molecule has 0 aliphatic rings. The lowest BCUT2D eigenvalue weighted by molar-refractivity contribution is 0.0594. The molecule has 1 N–H and O–H groups in total. The predicted molar refractivity (Wildman–Crippen MR) is 109 cm³/mol. The standard InChI is InChI=1S/C20H21N3O4S/c1-11(2)9-23-10-15(13-7-5-6-8-14(13)18(23)25)17(24)22-20-21-16(12(3)28-20)19(26)27-4/h5-8,10-11H,9H2,1-4H3,(H,21,22,24). The zero-order chi connectivity index (χ0) is 20.4. The van der Waals surface area contributed by atoms with Crippen molar-refractivity contribution < 1.29 is 14.3 Å². The molecule has 28 heavy (non-hydrogen) atoms. The van der Waals surface area contributed by atoms with E-state index in [0.29, 0.717) is 32.9 Å². The quantitative estimate of drug-likeness (QED) is 0.664. The number of aryl methyl sites for hydroxylation is 1. The van der Waals surface area contributed by atoms with Crippen LogP contribution in [0.5, 0.6) is 0 Å². The van der Waals surface area contributed by atoms with Gasteiger partial charge in [0.2, 0.25) is 0 Å². The molecule has 0 aliphatic carbocycles. The first-order valence-electron chi connectivity index (χ1n) is 8.81. The van der Waals surface area contributed by atoms with E-state index in [4.69, 9.17) is 4.74 Å². The van der Waals surface area contributed by atoms with Crippen LogP contribution < -0.4 is 10.9 Å². The second-order valence-electron chi connectivity index (χ2n) is 6.81. The molecular weight excluding hydrogens is 378 g/mol. The Kier molecular flexibility index (Phi) is 5.60. The number of pyridine rings is 1. The zero-order valence-corrected chi connectivity index (χ0v) is 16.9. The number of methoxy groups -OCH3 is 1. The highest BCUT2D eigenvalue weighted by Crippen LogP contribution is 2.24. The van der Waals surface area contributed by atoms with E-state index >= 15 is 0 Å². The molecule has 0 spiro atoms. The van der Waals surface area contributed by atoms with Crippen LogP contribution >= 0.6 is 11.3 Å². The number of hydrogen-bond acceptors (Lipinski definition) is 6. The third-order valence-corrected chi connectivity index (χ3v) is 5.08. The molecule has 8 heteroatoms. The van der Waals surface area contributed by atoms with Crippen LogP contribution in [0.3, 0.4) is 0 Å². The Labute approximate surface area is 166 Å². The molecule has 2 heterocycles. The number of fused-ring (bicyclic) bond motifs is 1. The van der Waals surface area contributed by atoms with Crippen LogP contribution in [0.15, 0.2) is 35.3 Å². The van der Waals surface area contributed by atoms with Crippen LogP contribution in [0, 0.1) is 12.8 Å². The van der Waals surface area contributed by atoms with Gasteiger partial charge in [-0.3, -0.25) is 14.9 Å². The van der Waals surface area contributed by atoms with E-state index in [1.54, 1.807) is 42.0 Å². The molecule has 3 rings (SSSR count). The number of carbonyl (C=O) groups excluding carboxylic acids is 2. The Balaban J connectivity index is 2.03. The van der Waals surface area contributed by atoms with E-state index < -0.39 is 5.97 Å². The van der Waals surface area contributed by atoms with Crippen molar-refractivity contribution in [2.75, 3.05) is 12.4 Å². The van der Waals surface area contributed by atoms with Crippen LogP contribution in [0.2, 0.25) is 0 Å². The first kappa shape index (κ1) is 19.8. The Morgan fingerprint density at radius 2 is 1.93 bits per heavy atom. The van der Waals surface area contributed by atoms with Crippen LogP contribution in [-0.4, -0.2) is 28.5 Å². The Morgan fingerprint density at radius 1 is 1.25 bits per heavy atom. The smallest absolute Gasteiger partial charge is 0.357 e. The van der Waals surface area contributed by atoms with Crippen molar-refractivity contribution >= 4 is 39.1 Å². The van der Waals surface area contributed by atoms with Crippen molar-refractivity contribution in [1.29, 1.82) is 0 Å². The van der Waals surface area contributed by atoms with Gasteiger partial charge in [0.05, 0.1) is 12.7 Å². The van der Waals surface area contributed by atoms with E-state index in [9.17, 15) is 14.4 Å². The van der Waals surface area contributed by atoms with Crippen LogP contribution in [0.4, 0.5) is 5.13 Å². The molecular formula is C20H21N3O4S. The monoisotopic (exact) mass is 399 g/mol. The number of carbonyl (C=O) groups is 2. The van der Waals surface area contributed by atoms with Gasteiger partial charge in [-0.25, -0.2) is 9.78 Å². The molecule has 0 atom stereocenters. The molecule has 2 aromatic heterocycles. The summed E-state index contributed by atoms with van der Waals surface area (Å²) in [5.41, 5.74) is 0.430. The maximum absolute atomic E-state index is 13.0. The van der Waals surface area contributed by atoms with Gasteiger partial charge in [-0.2, -0.15) is 0 Å². The number of thiazole rings is 1. The molecule has 0 saturated carbocycles. The fraction of sp³-hybridized carbons (Fsp3) is 0.300. The summed E-state index contributed by atoms with van der Waals surface area (Å²) in [5.74, 6) is -0.692. The lowest BCUT2D eigenvalue weighted by Crippen LogP contribution is -2.25. The largest absolute Gasteiger partial charge is 0.464 e. The van der Waals surface area contributed by atoms with E-state index in [-0.39, 0.29) is 23.1 Å². The van der Waals surface area contributed by atoms with Crippen molar-refractivity contribution in [3.8, 4) is 0 Å². The van der Waals surface area contributed by atoms with E-state index in [1.165, 1.54) is 18.4 Å². The van der Waals surface area contributed by atoms with Gasteiger partial charge < -0.3 is 9.30 Å².